The Labute approximate surface area is 161 Å². The van der Waals surface area contributed by atoms with E-state index in [2.05, 4.69) is 74.5 Å². The average molecular weight is 310 g/mol. The summed E-state index contributed by atoms with van der Waals surface area (Å²) in [6, 6.07) is 13.4. The van der Waals surface area contributed by atoms with Crippen LogP contribution >= 0.6 is 0 Å². The normalized spacial score (nSPS) is 20.3. The van der Waals surface area contributed by atoms with Crippen LogP contribution < -0.4 is 0 Å². The van der Waals surface area contributed by atoms with Crippen LogP contribution in [0.4, 0.5) is 0 Å². The van der Waals surface area contributed by atoms with Crippen LogP contribution in [0.3, 0.4) is 0 Å². The predicted octanol–water partition coefficient (Wildman–Crippen LogP) is 5.36. The Hall–Kier alpha value is -1.08. The van der Waals surface area contributed by atoms with Crippen LogP contribution in [0.25, 0.3) is 12.2 Å². The fraction of sp³-hybridized carbons (Fsp3) is 0.273. The van der Waals surface area contributed by atoms with Crippen molar-refractivity contribution < 1.29 is 0 Å². The van der Waals surface area contributed by atoms with Gasteiger partial charge in [-0.25, -0.2) is 0 Å². The molecule has 0 saturated carbocycles. The summed E-state index contributed by atoms with van der Waals surface area (Å²) in [6.45, 7) is 4.43. The van der Waals surface area contributed by atoms with E-state index < -0.39 is 0 Å². The molecule has 2 aromatic rings. The Bertz CT molecular complexity index is 715. The van der Waals surface area contributed by atoms with Gasteiger partial charge in [-0.05, 0) is 60.1 Å². The van der Waals surface area contributed by atoms with Gasteiger partial charge in [0.05, 0.1) is 0 Å². The van der Waals surface area contributed by atoms with Crippen molar-refractivity contribution in [1.82, 2.24) is 0 Å². The zero-order valence-corrected chi connectivity index (χ0v) is 13.3. The first-order chi connectivity index (χ1) is 10.7. The second kappa shape index (κ2) is 6.81. The molecule has 2 atom stereocenters. The zero-order valence-electron chi connectivity index (χ0n) is 13.3. The fourth-order valence-corrected chi connectivity index (χ4v) is 4.00. The van der Waals surface area contributed by atoms with Gasteiger partial charge in [-0.15, -0.1) is 0 Å². The third-order valence-corrected chi connectivity index (χ3v) is 5.29. The maximum absolute atomic E-state index is 2.40. The number of hydrogen-bond donors (Lipinski definition) is 0. The molecule has 0 amide bonds. The maximum atomic E-state index is 2.40. The van der Waals surface area contributed by atoms with Gasteiger partial charge in [0, 0.05) is 11.8 Å². The predicted molar refractivity (Wildman–Crippen MR) is 102 cm³/mol. The van der Waals surface area contributed by atoms with Gasteiger partial charge in [0.15, 0.2) is 0 Å². The third kappa shape index (κ3) is 3.01. The molecule has 0 saturated heterocycles. The van der Waals surface area contributed by atoms with Crippen molar-refractivity contribution in [3.63, 3.8) is 0 Å². The Morgan fingerprint density at radius 2 is 1.13 bits per heavy atom. The van der Waals surface area contributed by atoms with Crippen LogP contribution in [0.15, 0.2) is 48.6 Å². The number of fused-ring (bicyclic) bond motifs is 2. The van der Waals surface area contributed by atoms with Gasteiger partial charge in [0.1, 0.15) is 0 Å². The van der Waals surface area contributed by atoms with E-state index in [9.17, 15) is 0 Å². The molecule has 0 nitrogen and oxygen atoms in total. The van der Waals surface area contributed by atoms with Crippen LogP contribution in [-0.2, 0) is 0 Å². The van der Waals surface area contributed by atoms with Gasteiger partial charge in [-0.1, -0.05) is 60.7 Å². The number of aryl methyl sites for hydroxylation is 2. The van der Waals surface area contributed by atoms with Crippen molar-refractivity contribution in [3.05, 3.63) is 81.9 Å². The summed E-state index contributed by atoms with van der Waals surface area (Å²) < 4.78 is 0. The third-order valence-electron chi connectivity index (χ3n) is 5.29. The van der Waals surface area contributed by atoms with Crippen molar-refractivity contribution in [1.29, 1.82) is 0 Å². The zero-order chi connectivity index (χ0) is 15.1. The molecule has 0 fully saturated rings. The van der Waals surface area contributed by atoms with Crippen molar-refractivity contribution in [2.45, 2.75) is 38.5 Å². The monoisotopic (exact) mass is 310 g/mol. The van der Waals surface area contributed by atoms with Gasteiger partial charge in [0.2, 0.25) is 0 Å². The molecular formula is C22H23Na. The Morgan fingerprint density at radius 1 is 0.696 bits per heavy atom. The van der Waals surface area contributed by atoms with Gasteiger partial charge >= 0.3 is 29.6 Å². The van der Waals surface area contributed by atoms with Gasteiger partial charge < -0.3 is 0 Å². The molecule has 4 rings (SSSR count). The molecule has 2 aromatic carbocycles. The summed E-state index contributed by atoms with van der Waals surface area (Å²) >= 11 is 0. The topological polar surface area (TPSA) is 0 Å². The first-order valence-electron chi connectivity index (χ1n) is 8.29. The van der Waals surface area contributed by atoms with Crippen LogP contribution in [0.2, 0.25) is 0 Å². The van der Waals surface area contributed by atoms with Crippen molar-refractivity contribution >= 4 is 41.7 Å². The van der Waals surface area contributed by atoms with Crippen molar-refractivity contribution in [3.8, 4) is 0 Å². The summed E-state index contributed by atoms with van der Waals surface area (Å²) in [5.74, 6) is 1.19. The number of rotatable bonds is 3. The van der Waals surface area contributed by atoms with E-state index in [0.717, 1.165) is 0 Å². The van der Waals surface area contributed by atoms with Gasteiger partial charge in [0.25, 0.3) is 0 Å². The van der Waals surface area contributed by atoms with Crippen LogP contribution in [-0.4, -0.2) is 29.6 Å². The molecule has 23 heavy (non-hydrogen) atoms. The molecule has 2 aliphatic rings. The summed E-state index contributed by atoms with van der Waals surface area (Å²) in [5, 5.41) is 0. The standard InChI is InChI=1S/C22H22.Na.H/c1-15-5-3-7-21-17(11-13-19(15)21)9-10-18-12-14-20-16(2)6-4-8-22(18)20;;/h3-8,11-14,17-18H,9-10H2,1-2H3;;. The van der Waals surface area contributed by atoms with E-state index in [1.165, 1.54) is 46.2 Å². The van der Waals surface area contributed by atoms with Gasteiger partial charge in [-0.2, -0.15) is 0 Å². The molecule has 0 bridgehead atoms. The van der Waals surface area contributed by atoms with E-state index in [1.807, 2.05) is 0 Å². The van der Waals surface area contributed by atoms with E-state index in [0.29, 0.717) is 11.8 Å². The summed E-state index contributed by atoms with van der Waals surface area (Å²) in [4.78, 5) is 0. The Kier molecular flexibility index (Phi) is 4.96. The number of allylic oxidation sites excluding steroid dienone is 2. The summed E-state index contributed by atoms with van der Waals surface area (Å²) in [5.41, 5.74) is 8.74. The Balaban J connectivity index is 0.00000156. The number of benzene rings is 2. The van der Waals surface area contributed by atoms with E-state index in [1.54, 1.807) is 0 Å². The van der Waals surface area contributed by atoms with Gasteiger partial charge in [-0.3, -0.25) is 0 Å². The van der Waals surface area contributed by atoms with E-state index in [-0.39, 0.29) is 29.6 Å². The van der Waals surface area contributed by atoms with Crippen molar-refractivity contribution in [2.24, 2.45) is 0 Å². The SMILES string of the molecule is Cc1cccc2c1C=CC2CCC1C=Cc2c(C)cccc21.[NaH]. The molecule has 2 unspecified atom stereocenters. The molecule has 0 aliphatic heterocycles. The first kappa shape index (κ1) is 16.8. The minimum absolute atomic E-state index is 0. The Morgan fingerprint density at radius 3 is 1.57 bits per heavy atom. The van der Waals surface area contributed by atoms with Crippen molar-refractivity contribution in [2.75, 3.05) is 0 Å². The fourth-order valence-electron chi connectivity index (χ4n) is 4.00. The molecule has 112 valence electrons. The second-order valence-electron chi connectivity index (χ2n) is 6.66. The molecule has 2 aliphatic carbocycles. The van der Waals surface area contributed by atoms with Crippen LogP contribution in [0.1, 0.15) is 58.1 Å². The molecule has 0 aromatic heterocycles. The molecule has 0 radical (unpaired) electrons. The average Bonchev–Trinajstić information content (AvgIpc) is 3.11. The molecule has 0 spiro atoms. The summed E-state index contributed by atoms with van der Waals surface area (Å²) in [6.07, 6.45) is 11.9. The van der Waals surface area contributed by atoms with Crippen LogP contribution in [0, 0.1) is 13.8 Å². The first-order valence-corrected chi connectivity index (χ1v) is 8.29. The quantitative estimate of drug-likeness (QED) is 0.670. The molecular weight excluding hydrogens is 287 g/mol. The molecule has 0 heterocycles. The number of hydrogen-bond acceptors (Lipinski definition) is 0. The molecule has 0 N–H and O–H groups in total. The van der Waals surface area contributed by atoms with Crippen LogP contribution in [0.5, 0.6) is 0 Å². The minimum atomic E-state index is 0. The van der Waals surface area contributed by atoms with E-state index >= 15 is 0 Å². The van der Waals surface area contributed by atoms with E-state index in [4.69, 9.17) is 0 Å². The summed E-state index contributed by atoms with van der Waals surface area (Å²) in [7, 11) is 0. The second-order valence-corrected chi connectivity index (χ2v) is 6.66. The molecule has 1 heteroatoms.